The van der Waals surface area contributed by atoms with Crippen molar-refractivity contribution >= 4 is 84.8 Å². The number of benzene rings is 6. The van der Waals surface area contributed by atoms with Gasteiger partial charge in [0.1, 0.15) is 11.2 Å². The van der Waals surface area contributed by atoms with E-state index in [1.807, 2.05) is 18.2 Å². The van der Waals surface area contributed by atoms with Gasteiger partial charge in [0.05, 0.1) is 0 Å². The number of alkyl halides is 3. The van der Waals surface area contributed by atoms with Crippen LogP contribution in [0.1, 0.15) is 36.8 Å². The zero-order chi connectivity index (χ0) is 47.0. The smallest absolute Gasteiger partial charge is 0.481 e. The van der Waals surface area contributed by atoms with Crippen molar-refractivity contribution in [1.82, 2.24) is 9.13 Å². The lowest BCUT2D eigenvalue weighted by molar-refractivity contribution is -0.192. The quantitative estimate of drug-likeness (QED) is 0.0665. The number of unbranched alkanes of at least 4 members (excludes halogenated alkanes) is 1. The van der Waals surface area contributed by atoms with Crippen LogP contribution in [0.2, 0.25) is 0 Å². The molecule has 0 fully saturated rings. The van der Waals surface area contributed by atoms with E-state index >= 15 is 0 Å². The van der Waals surface area contributed by atoms with E-state index in [0.717, 1.165) is 69.9 Å². The summed E-state index contributed by atoms with van der Waals surface area (Å²) in [5.74, 6) is -3.78. The van der Waals surface area contributed by atoms with Crippen LogP contribution in [0.25, 0.3) is 76.8 Å². The van der Waals surface area contributed by atoms with Crippen molar-refractivity contribution in [1.29, 1.82) is 0 Å². The first-order valence-electron chi connectivity index (χ1n) is 21.6. The van der Waals surface area contributed by atoms with E-state index in [2.05, 4.69) is 125 Å². The molecule has 0 saturated heterocycles. The maximum atomic E-state index is 11.2. The molecule has 0 atom stereocenters. The van der Waals surface area contributed by atoms with Gasteiger partial charge in [-0.1, -0.05) is 84.9 Å². The first-order valence-corrected chi connectivity index (χ1v) is 21.6. The minimum absolute atomic E-state index is 0. The molecule has 9 rings (SSSR count). The van der Waals surface area contributed by atoms with Gasteiger partial charge in [-0.15, -0.1) is 12.4 Å². The predicted octanol–water partition coefficient (Wildman–Crippen LogP) is 10.9. The van der Waals surface area contributed by atoms with Crippen molar-refractivity contribution in [2.45, 2.75) is 57.8 Å². The van der Waals surface area contributed by atoms with Crippen LogP contribution >= 0.6 is 12.4 Å². The van der Waals surface area contributed by atoms with Gasteiger partial charge >= 0.3 is 18.1 Å². The number of para-hydroxylation sites is 2. The molecular formula is C52H51ClF3N5O6. The summed E-state index contributed by atoms with van der Waals surface area (Å²) in [6.07, 6.45) is 2.84. The summed E-state index contributed by atoms with van der Waals surface area (Å²) < 4.78 is 42.3. The molecule has 348 valence electrons. The molecule has 6 aromatic carbocycles. The Labute approximate surface area is 390 Å². The summed E-state index contributed by atoms with van der Waals surface area (Å²) in [5.41, 5.74) is 28.1. The van der Waals surface area contributed by atoms with Crippen LogP contribution < -0.4 is 17.2 Å². The van der Waals surface area contributed by atoms with Gasteiger partial charge in [-0.3, -0.25) is 9.59 Å². The monoisotopic (exact) mass is 933 g/mol. The number of hydrogen-bond acceptors (Lipinski definition) is 6. The number of halogens is 4. The van der Waals surface area contributed by atoms with Crippen LogP contribution in [0.5, 0.6) is 0 Å². The van der Waals surface area contributed by atoms with Crippen molar-refractivity contribution in [3.05, 3.63) is 145 Å². The number of carbonyl (C=O) groups excluding carboxylic acids is 1. The fourth-order valence-corrected chi connectivity index (χ4v) is 8.30. The topological polar surface area (TPSA) is 193 Å². The van der Waals surface area contributed by atoms with Crippen molar-refractivity contribution in [2.24, 2.45) is 17.2 Å². The molecule has 8 N–H and O–H groups in total. The van der Waals surface area contributed by atoms with Crippen molar-refractivity contribution in [3.8, 4) is 22.3 Å². The Morgan fingerprint density at radius 3 is 1.78 bits per heavy atom. The highest BCUT2D eigenvalue weighted by Gasteiger charge is 2.38. The van der Waals surface area contributed by atoms with E-state index < -0.39 is 18.1 Å². The second kappa shape index (κ2) is 21.9. The molecular weight excluding hydrogens is 883 g/mol. The molecule has 15 heteroatoms. The predicted molar refractivity (Wildman–Crippen MR) is 261 cm³/mol. The molecule has 67 heavy (non-hydrogen) atoms. The van der Waals surface area contributed by atoms with Crippen molar-refractivity contribution in [3.63, 3.8) is 0 Å². The van der Waals surface area contributed by atoms with Crippen LogP contribution in [0.4, 0.5) is 13.2 Å². The molecule has 0 aliphatic rings. The third-order valence-corrected chi connectivity index (χ3v) is 11.4. The second-order valence-corrected chi connectivity index (χ2v) is 15.9. The minimum Gasteiger partial charge on any atom is -0.481 e. The van der Waals surface area contributed by atoms with E-state index in [1.165, 1.54) is 43.8 Å². The van der Waals surface area contributed by atoms with Crippen LogP contribution in [0.3, 0.4) is 0 Å². The Morgan fingerprint density at radius 1 is 0.597 bits per heavy atom. The SMILES string of the molecule is Cl.NCCc1cn(CCC(N)=O)c2ccc(-c3ccc4ccccc4c3)cc12.NCCc1cn(CCCCC(=O)O)c2ccc(-c3cccc4c3oc3ccccc34)cc12.O=C(O)C(F)(F)F. The highest BCUT2D eigenvalue weighted by molar-refractivity contribution is 6.10. The third kappa shape index (κ3) is 11.6. The highest BCUT2D eigenvalue weighted by Crippen LogP contribution is 2.38. The number of nitrogens with zero attached hydrogens (tertiary/aromatic N) is 2. The van der Waals surface area contributed by atoms with Gasteiger partial charge in [0.25, 0.3) is 0 Å². The number of aryl methyl sites for hydroxylation is 2. The zero-order valence-electron chi connectivity index (χ0n) is 36.5. The number of nitrogens with two attached hydrogens (primary N) is 3. The van der Waals surface area contributed by atoms with Gasteiger partial charge in [-0.25, -0.2) is 4.79 Å². The van der Waals surface area contributed by atoms with Crippen LogP contribution in [0.15, 0.2) is 138 Å². The second-order valence-electron chi connectivity index (χ2n) is 15.9. The highest BCUT2D eigenvalue weighted by atomic mass is 35.5. The lowest BCUT2D eigenvalue weighted by Crippen LogP contribution is -2.21. The number of fused-ring (bicyclic) bond motifs is 6. The number of aromatic nitrogens is 2. The summed E-state index contributed by atoms with van der Waals surface area (Å²) in [4.78, 5) is 30.9. The molecule has 0 aliphatic carbocycles. The Kier molecular flexibility index (Phi) is 16.1. The Balaban J connectivity index is 0.000000193. The van der Waals surface area contributed by atoms with Crippen LogP contribution in [-0.2, 0) is 40.3 Å². The van der Waals surface area contributed by atoms with Gasteiger partial charge in [-0.05, 0) is 114 Å². The molecule has 0 unspecified atom stereocenters. The number of rotatable bonds is 14. The number of hydrogen-bond donors (Lipinski definition) is 5. The van der Waals surface area contributed by atoms with Gasteiger partial charge in [0.2, 0.25) is 5.91 Å². The third-order valence-electron chi connectivity index (χ3n) is 11.4. The van der Waals surface area contributed by atoms with E-state index in [-0.39, 0.29) is 24.7 Å². The fraction of sp³-hybridized carbons (Fsp3) is 0.212. The lowest BCUT2D eigenvalue weighted by atomic mass is 9.99. The number of primary amides is 1. The number of aliphatic carboxylic acids is 2. The maximum absolute atomic E-state index is 11.2. The van der Waals surface area contributed by atoms with E-state index in [1.54, 1.807) is 0 Å². The molecule has 9 aromatic rings. The largest absolute Gasteiger partial charge is 0.490 e. The lowest BCUT2D eigenvalue weighted by Gasteiger charge is -2.07. The number of carboxylic acids is 2. The number of furan rings is 1. The average molecular weight is 934 g/mol. The van der Waals surface area contributed by atoms with Crippen LogP contribution in [0, 0.1) is 0 Å². The first-order chi connectivity index (χ1) is 31.7. The van der Waals surface area contributed by atoms with Crippen molar-refractivity contribution in [2.75, 3.05) is 13.1 Å². The molecule has 3 aromatic heterocycles. The number of amides is 1. The molecule has 0 radical (unpaired) electrons. The molecule has 1 amide bonds. The number of carbonyl (C=O) groups is 3. The van der Waals surface area contributed by atoms with E-state index in [0.29, 0.717) is 32.5 Å². The normalized spacial score (nSPS) is 11.3. The van der Waals surface area contributed by atoms with Gasteiger partial charge in [0, 0.05) is 76.5 Å². The van der Waals surface area contributed by atoms with Crippen molar-refractivity contribution < 1.29 is 42.2 Å². The van der Waals surface area contributed by atoms with E-state index in [9.17, 15) is 22.8 Å². The van der Waals surface area contributed by atoms with Crippen LogP contribution in [-0.4, -0.2) is 56.5 Å². The van der Waals surface area contributed by atoms with Gasteiger partial charge < -0.3 is 41.0 Å². The van der Waals surface area contributed by atoms with E-state index in [4.69, 9.17) is 36.6 Å². The molecule has 11 nitrogen and oxygen atoms in total. The Morgan fingerprint density at radius 2 is 1.15 bits per heavy atom. The number of carboxylic acid groups (broad SMARTS) is 2. The summed E-state index contributed by atoms with van der Waals surface area (Å²) in [6, 6.07) is 42.4. The molecule has 0 bridgehead atoms. The fourth-order valence-electron chi connectivity index (χ4n) is 8.30. The standard InChI is InChI=1S/C27H26N2O3.C23H23N3O.C2HF3O2.ClH/c28-14-13-19-17-29(15-4-3-10-26(30)31)24-12-11-18(16-23(19)24)20-7-5-8-22-21-6-1-2-9-25(21)32-27(20)22;24-11-9-20-15-26(12-10-23(25)27)22-8-7-19(14-21(20)22)18-6-5-16-3-1-2-4-17(16)13-18;3-2(4,5)1(6)7;/h1-2,5-9,11-12,16-17H,3-4,10,13-15,28H2,(H,30,31);1-8,13-15H,9-12,24H2,(H2,25,27);(H,6,7);1H. The Hall–Kier alpha value is -7.13. The average Bonchev–Trinajstić information content (AvgIpc) is 3.97. The summed E-state index contributed by atoms with van der Waals surface area (Å²) in [7, 11) is 0. The maximum Gasteiger partial charge on any atom is 0.490 e. The molecule has 0 aliphatic heterocycles. The molecule has 0 saturated carbocycles. The minimum atomic E-state index is -5.08. The summed E-state index contributed by atoms with van der Waals surface area (Å²) >= 11 is 0. The Bertz CT molecular complexity index is 3190. The summed E-state index contributed by atoms with van der Waals surface area (Å²) in [6.45, 7) is 2.56. The first kappa shape index (κ1) is 49.3. The van der Waals surface area contributed by atoms with Gasteiger partial charge in [0.15, 0.2) is 0 Å². The zero-order valence-corrected chi connectivity index (χ0v) is 37.3. The molecule has 0 spiro atoms. The summed E-state index contributed by atoms with van der Waals surface area (Å²) in [5, 5.41) is 23.1. The molecule has 3 heterocycles. The van der Waals surface area contributed by atoms with Gasteiger partial charge in [-0.2, -0.15) is 13.2 Å².